The molecule has 0 heterocycles. The number of carbonyl (C=O) groups excluding carboxylic acids is 1. The highest BCUT2D eigenvalue weighted by atomic mass is 16.5. The van der Waals surface area contributed by atoms with Crippen molar-refractivity contribution in [1.29, 1.82) is 0 Å². The van der Waals surface area contributed by atoms with Gasteiger partial charge in [0.25, 0.3) is 0 Å². The molecular formula is C17H24O3. The molecule has 0 radical (unpaired) electrons. The molecule has 3 heteroatoms. The molecule has 20 heavy (non-hydrogen) atoms. The maximum absolute atomic E-state index is 11.9. The maximum Gasteiger partial charge on any atom is 0.341 e. The summed E-state index contributed by atoms with van der Waals surface area (Å²) in [6, 6.07) is 6.49. The minimum Gasteiger partial charge on any atom is -0.507 e. The van der Waals surface area contributed by atoms with Gasteiger partial charge >= 0.3 is 5.97 Å². The van der Waals surface area contributed by atoms with Crippen molar-refractivity contribution < 1.29 is 14.6 Å². The summed E-state index contributed by atoms with van der Waals surface area (Å²) in [6.45, 7) is 7.34. The average Bonchev–Trinajstić information content (AvgIpc) is 2.65. The number of hydrogen-bond acceptors (Lipinski definition) is 3. The second-order valence-corrected chi connectivity index (χ2v) is 6.44. The Labute approximate surface area is 121 Å². The molecule has 0 bridgehead atoms. The van der Waals surface area contributed by atoms with Crippen LogP contribution < -0.4 is 0 Å². The third-order valence-electron chi connectivity index (χ3n) is 5.09. The van der Waals surface area contributed by atoms with Gasteiger partial charge < -0.3 is 9.84 Å². The van der Waals surface area contributed by atoms with E-state index in [9.17, 15) is 9.90 Å². The Morgan fingerprint density at radius 3 is 2.65 bits per heavy atom. The topological polar surface area (TPSA) is 46.5 Å². The Morgan fingerprint density at radius 2 is 2.05 bits per heavy atom. The number of esters is 1. The lowest BCUT2D eigenvalue weighted by Gasteiger charge is -2.31. The fraction of sp³-hybridized carbons (Fsp3) is 0.588. The third kappa shape index (κ3) is 2.97. The monoisotopic (exact) mass is 276 g/mol. The normalized spacial score (nSPS) is 24.6. The zero-order valence-corrected chi connectivity index (χ0v) is 12.6. The average molecular weight is 276 g/mol. The van der Waals surface area contributed by atoms with Crippen LogP contribution in [0.4, 0.5) is 0 Å². The number of ether oxygens (including phenoxy) is 1. The van der Waals surface area contributed by atoms with Crippen LogP contribution in [0.5, 0.6) is 5.75 Å². The quantitative estimate of drug-likeness (QED) is 0.845. The van der Waals surface area contributed by atoms with Crippen molar-refractivity contribution in [2.24, 2.45) is 17.3 Å². The number of hydrogen-bond donors (Lipinski definition) is 1. The predicted octanol–water partition coefficient (Wildman–Crippen LogP) is 4.01. The summed E-state index contributed by atoms with van der Waals surface area (Å²) in [5.41, 5.74) is 0.563. The van der Waals surface area contributed by atoms with E-state index in [2.05, 4.69) is 20.8 Å². The van der Waals surface area contributed by atoms with Crippen LogP contribution in [0.15, 0.2) is 24.3 Å². The van der Waals surface area contributed by atoms with Crippen LogP contribution in [0.25, 0.3) is 0 Å². The van der Waals surface area contributed by atoms with Gasteiger partial charge in [0.05, 0.1) is 6.61 Å². The van der Waals surface area contributed by atoms with E-state index in [1.807, 2.05) is 0 Å². The molecule has 3 nitrogen and oxygen atoms in total. The summed E-state index contributed by atoms with van der Waals surface area (Å²) in [5, 5.41) is 9.61. The van der Waals surface area contributed by atoms with Gasteiger partial charge in [-0.15, -0.1) is 0 Å². The van der Waals surface area contributed by atoms with Crippen molar-refractivity contribution in [3.8, 4) is 5.75 Å². The number of rotatable bonds is 4. The molecule has 1 aliphatic rings. The SMILES string of the molecule is C[C@@H]1CC[C@H](CCOC(=O)c2ccccc2O)C1(C)C. The summed E-state index contributed by atoms with van der Waals surface area (Å²) in [7, 11) is 0. The minimum absolute atomic E-state index is 0.0210. The van der Waals surface area contributed by atoms with Crippen LogP contribution in [0.1, 0.15) is 50.4 Å². The highest BCUT2D eigenvalue weighted by molar-refractivity contribution is 5.92. The van der Waals surface area contributed by atoms with Gasteiger partial charge in [-0.05, 0) is 48.6 Å². The first-order valence-electron chi connectivity index (χ1n) is 7.38. The first-order chi connectivity index (χ1) is 9.43. The molecular weight excluding hydrogens is 252 g/mol. The van der Waals surface area contributed by atoms with Gasteiger partial charge in [0, 0.05) is 0 Å². The molecule has 1 aromatic carbocycles. The van der Waals surface area contributed by atoms with E-state index in [4.69, 9.17) is 4.74 Å². The Hall–Kier alpha value is -1.51. The Morgan fingerprint density at radius 1 is 1.35 bits per heavy atom. The number of phenolic OH excluding ortho intramolecular Hbond substituents is 1. The number of para-hydroxylation sites is 1. The number of benzene rings is 1. The second-order valence-electron chi connectivity index (χ2n) is 6.44. The van der Waals surface area contributed by atoms with Crippen LogP contribution in [0.2, 0.25) is 0 Å². The minimum atomic E-state index is -0.438. The molecule has 110 valence electrons. The van der Waals surface area contributed by atoms with Crippen molar-refractivity contribution in [2.75, 3.05) is 6.61 Å². The van der Waals surface area contributed by atoms with Gasteiger partial charge in [0.15, 0.2) is 0 Å². The first-order valence-corrected chi connectivity index (χ1v) is 7.38. The summed E-state index contributed by atoms with van der Waals surface area (Å²) in [5.74, 6) is 0.871. The van der Waals surface area contributed by atoms with Crippen LogP contribution >= 0.6 is 0 Å². The summed E-state index contributed by atoms with van der Waals surface area (Å²) >= 11 is 0. The third-order valence-corrected chi connectivity index (χ3v) is 5.09. The maximum atomic E-state index is 11.9. The molecule has 1 fully saturated rings. The van der Waals surface area contributed by atoms with Crippen LogP contribution in [0, 0.1) is 17.3 Å². The lowest BCUT2D eigenvalue weighted by molar-refractivity contribution is 0.0445. The molecule has 2 rings (SSSR count). The molecule has 0 spiro atoms. The number of aromatic hydroxyl groups is 1. The summed E-state index contributed by atoms with van der Waals surface area (Å²) in [6.07, 6.45) is 3.37. The zero-order valence-electron chi connectivity index (χ0n) is 12.6. The molecule has 0 unspecified atom stereocenters. The highest BCUT2D eigenvalue weighted by Gasteiger charge is 2.39. The van der Waals surface area contributed by atoms with E-state index in [1.165, 1.54) is 18.9 Å². The molecule has 1 aliphatic carbocycles. The van der Waals surface area contributed by atoms with Crippen LogP contribution in [-0.2, 0) is 4.74 Å². The lowest BCUT2D eigenvalue weighted by atomic mass is 9.75. The molecule has 1 N–H and O–H groups in total. The van der Waals surface area contributed by atoms with Crippen molar-refractivity contribution in [3.05, 3.63) is 29.8 Å². The summed E-state index contributed by atoms with van der Waals surface area (Å²) < 4.78 is 5.30. The van der Waals surface area contributed by atoms with E-state index in [-0.39, 0.29) is 11.3 Å². The summed E-state index contributed by atoms with van der Waals surface area (Å²) in [4.78, 5) is 11.9. The zero-order chi connectivity index (χ0) is 14.8. The number of phenols is 1. The molecule has 0 saturated heterocycles. The largest absolute Gasteiger partial charge is 0.507 e. The second kappa shape index (κ2) is 5.86. The van der Waals surface area contributed by atoms with Crippen LogP contribution in [-0.4, -0.2) is 17.7 Å². The van der Waals surface area contributed by atoms with Crippen molar-refractivity contribution in [3.63, 3.8) is 0 Å². The van der Waals surface area contributed by atoms with Crippen molar-refractivity contribution >= 4 is 5.97 Å². The standard InChI is InChI=1S/C17H24O3/c1-12-8-9-13(17(12,2)3)10-11-20-16(19)14-6-4-5-7-15(14)18/h4-7,12-13,18H,8-11H2,1-3H3/t12-,13-/m1/s1. The fourth-order valence-electron chi connectivity index (χ4n) is 3.13. The van der Waals surface area contributed by atoms with Gasteiger partial charge in [-0.25, -0.2) is 4.79 Å². The van der Waals surface area contributed by atoms with Gasteiger partial charge in [0.1, 0.15) is 11.3 Å². The first kappa shape index (κ1) is 14.9. The van der Waals surface area contributed by atoms with Gasteiger partial charge in [-0.1, -0.05) is 32.9 Å². The predicted molar refractivity (Wildman–Crippen MR) is 78.7 cm³/mol. The molecule has 0 aromatic heterocycles. The Kier molecular flexibility index (Phi) is 4.36. The smallest absolute Gasteiger partial charge is 0.341 e. The van der Waals surface area contributed by atoms with E-state index in [0.29, 0.717) is 17.9 Å². The Bertz CT molecular complexity index is 479. The van der Waals surface area contributed by atoms with E-state index in [1.54, 1.807) is 18.2 Å². The molecule has 1 saturated carbocycles. The van der Waals surface area contributed by atoms with Crippen molar-refractivity contribution in [1.82, 2.24) is 0 Å². The molecule has 1 aromatic rings. The van der Waals surface area contributed by atoms with Crippen LogP contribution in [0.3, 0.4) is 0 Å². The molecule has 2 atom stereocenters. The van der Waals surface area contributed by atoms with Crippen molar-refractivity contribution in [2.45, 2.75) is 40.0 Å². The fourth-order valence-corrected chi connectivity index (χ4v) is 3.13. The van der Waals surface area contributed by atoms with Gasteiger partial charge in [-0.2, -0.15) is 0 Å². The van der Waals surface area contributed by atoms with E-state index in [0.717, 1.165) is 12.3 Å². The van der Waals surface area contributed by atoms with Gasteiger partial charge in [0.2, 0.25) is 0 Å². The van der Waals surface area contributed by atoms with Gasteiger partial charge in [-0.3, -0.25) is 0 Å². The highest BCUT2D eigenvalue weighted by Crippen LogP contribution is 2.48. The van der Waals surface area contributed by atoms with E-state index >= 15 is 0 Å². The van der Waals surface area contributed by atoms with E-state index < -0.39 is 5.97 Å². The number of carbonyl (C=O) groups is 1. The lowest BCUT2D eigenvalue weighted by Crippen LogP contribution is -2.24. The Balaban J connectivity index is 1.85. The molecule has 0 amide bonds. The molecule has 0 aliphatic heterocycles.